The summed E-state index contributed by atoms with van der Waals surface area (Å²) in [4.78, 5) is 13.7. The third kappa shape index (κ3) is 4.48. The molecule has 4 aromatic rings. The van der Waals surface area contributed by atoms with E-state index in [1.165, 1.54) is 4.80 Å². The molecule has 0 unspecified atom stereocenters. The van der Waals surface area contributed by atoms with Crippen molar-refractivity contribution in [3.63, 3.8) is 0 Å². The summed E-state index contributed by atoms with van der Waals surface area (Å²) in [7, 11) is 1.55. The smallest absolute Gasteiger partial charge is 0.262 e. The number of nitrogens with one attached hydrogen (secondary N) is 1. The number of methoxy groups -OCH3 is 1. The van der Waals surface area contributed by atoms with Crippen LogP contribution in [0.2, 0.25) is 10.0 Å². The number of carbonyl (C=O) groups is 1. The van der Waals surface area contributed by atoms with E-state index in [1.807, 2.05) is 0 Å². The van der Waals surface area contributed by atoms with Gasteiger partial charge in [-0.2, -0.15) is 4.80 Å². The Morgan fingerprint density at radius 2 is 1.77 bits per heavy atom. The summed E-state index contributed by atoms with van der Waals surface area (Å²) in [6.45, 7) is -0.128. The van der Waals surface area contributed by atoms with E-state index in [2.05, 4.69) is 15.5 Å². The maximum Gasteiger partial charge on any atom is 0.262 e. The molecule has 0 radical (unpaired) electrons. The Balaban J connectivity index is 1.46. The van der Waals surface area contributed by atoms with E-state index in [-0.39, 0.29) is 12.5 Å². The minimum absolute atomic E-state index is 0.128. The van der Waals surface area contributed by atoms with Crippen LogP contribution in [-0.2, 0) is 4.79 Å². The van der Waals surface area contributed by atoms with Crippen molar-refractivity contribution in [1.82, 2.24) is 15.0 Å². The number of carbonyl (C=O) groups excluding carboxylic acids is 1. The van der Waals surface area contributed by atoms with Gasteiger partial charge in [0, 0.05) is 10.7 Å². The third-order valence-corrected chi connectivity index (χ3v) is 4.76. The summed E-state index contributed by atoms with van der Waals surface area (Å²) in [5.41, 5.74) is 2.58. The average Bonchev–Trinajstić information content (AvgIpc) is 3.17. The molecule has 0 aliphatic carbocycles. The van der Waals surface area contributed by atoms with Crippen molar-refractivity contribution in [3.8, 4) is 17.2 Å². The molecule has 1 aromatic heterocycles. The van der Waals surface area contributed by atoms with Crippen LogP contribution < -0.4 is 14.8 Å². The summed E-state index contributed by atoms with van der Waals surface area (Å²) in [6, 6.07) is 17.3. The van der Waals surface area contributed by atoms with Crippen molar-refractivity contribution in [2.24, 2.45) is 0 Å². The Bertz CT molecular complexity index is 1210. The molecule has 4 rings (SSSR count). The molecule has 7 nitrogen and oxygen atoms in total. The van der Waals surface area contributed by atoms with Gasteiger partial charge in [-0.05, 0) is 60.7 Å². The Labute approximate surface area is 182 Å². The number of amides is 1. The van der Waals surface area contributed by atoms with Gasteiger partial charge in [0.05, 0.1) is 17.8 Å². The highest BCUT2D eigenvalue weighted by Gasteiger charge is 2.10. The minimum atomic E-state index is -0.293. The van der Waals surface area contributed by atoms with E-state index >= 15 is 0 Å². The first-order valence-corrected chi connectivity index (χ1v) is 9.66. The van der Waals surface area contributed by atoms with Crippen LogP contribution in [0.1, 0.15) is 0 Å². The van der Waals surface area contributed by atoms with Crippen LogP contribution in [0.4, 0.5) is 5.69 Å². The first-order chi connectivity index (χ1) is 14.5. The molecular formula is C21H16Cl2N4O3. The van der Waals surface area contributed by atoms with E-state index in [4.69, 9.17) is 32.7 Å². The molecule has 0 atom stereocenters. The molecule has 0 saturated heterocycles. The van der Waals surface area contributed by atoms with E-state index in [0.717, 1.165) is 0 Å². The van der Waals surface area contributed by atoms with Crippen LogP contribution in [0.5, 0.6) is 11.5 Å². The molecule has 0 bridgehead atoms. The highest BCUT2D eigenvalue weighted by atomic mass is 35.5. The van der Waals surface area contributed by atoms with E-state index in [0.29, 0.717) is 44.0 Å². The normalized spacial score (nSPS) is 10.8. The standard InChI is InChI=1S/C21H16Cl2N4O3/c1-29-20-9-5-15(11-17(20)23)27-25-18-8-4-14(10-19(18)26-27)24-21(28)12-30-16-6-2-13(22)3-7-16/h2-11H,12H2,1H3,(H,24,28). The van der Waals surface area contributed by atoms with Crippen molar-refractivity contribution in [2.75, 3.05) is 19.0 Å². The number of hydrogen-bond acceptors (Lipinski definition) is 5. The van der Waals surface area contributed by atoms with Crippen LogP contribution in [0, 0.1) is 0 Å². The van der Waals surface area contributed by atoms with Crippen molar-refractivity contribution in [3.05, 3.63) is 70.7 Å². The first-order valence-electron chi connectivity index (χ1n) is 8.91. The first kappa shape index (κ1) is 20.0. The second-order valence-corrected chi connectivity index (χ2v) is 7.15. The summed E-state index contributed by atoms with van der Waals surface area (Å²) in [6.07, 6.45) is 0. The SMILES string of the molecule is COc1ccc(-n2nc3ccc(NC(=O)COc4ccc(Cl)cc4)cc3n2)cc1Cl. The van der Waals surface area contributed by atoms with Gasteiger partial charge in [0.15, 0.2) is 6.61 Å². The van der Waals surface area contributed by atoms with Gasteiger partial charge in [-0.25, -0.2) is 0 Å². The summed E-state index contributed by atoms with van der Waals surface area (Å²) < 4.78 is 10.6. The van der Waals surface area contributed by atoms with E-state index in [9.17, 15) is 4.79 Å². The molecule has 152 valence electrons. The number of halogens is 2. The van der Waals surface area contributed by atoms with Crippen LogP contribution in [0.3, 0.4) is 0 Å². The molecule has 0 aliphatic rings. The minimum Gasteiger partial charge on any atom is -0.495 e. The van der Waals surface area contributed by atoms with Gasteiger partial charge in [0.2, 0.25) is 0 Å². The Kier molecular flexibility index (Phi) is 5.74. The highest BCUT2D eigenvalue weighted by Crippen LogP contribution is 2.27. The lowest BCUT2D eigenvalue weighted by Gasteiger charge is -2.07. The Hall–Kier alpha value is -3.29. The van der Waals surface area contributed by atoms with Gasteiger partial charge < -0.3 is 14.8 Å². The number of rotatable bonds is 6. The van der Waals surface area contributed by atoms with Gasteiger partial charge in [-0.3, -0.25) is 4.79 Å². The van der Waals surface area contributed by atoms with Gasteiger partial charge >= 0.3 is 0 Å². The molecule has 0 spiro atoms. The monoisotopic (exact) mass is 442 g/mol. The third-order valence-electron chi connectivity index (χ3n) is 4.21. The lowest BCUT2D eigenvalue weighted by molar-refractivity contribution is -0.118. The largest absolute Gasteiger partial charge is 0.495 e. The van der Waals surface area contributed by atoms with Gasteiger partial charge in [-0.15, -0.1) is 10.2 Å². The number of hydrogen-bond donors (Lipinski definition) is 1. The summed E-state index contributed by atoms with van der Waals surface area (Å²) in [5, 5.41) is 12.8. The van der Waals surface area contributed by atoms with Crippen LogP contribution in [0.25, 0.3) is 16.7 Å². The zero-order chi connectivity index (χ0) is 21.1. The molecule has 9 heteroatoms. The van der Waals surface area contributed by atoms with Crippen molar-refractivity contribution >= 4 is 45.8 Å². The molecule has 1 amide bonds. The van der Waals surface area contributed by atoms with Crippen molar-refractivity contribution < 1.29 is 14.3 Å². The Morgan fingerprint density at radius 3 is 2.50 bits per heavy atom. The fourth-order valence-electron chi connectivity index (χ4n) is 2.76. The van der Waals surface area contributed by atoms with E-state index in [1.54, 1.807) is 67.8 Å². The molecule has 30 heavy (non-hydrogen) atoms. The number of benzene rings is 3. The number of ether oxygens (including phenoxy) is 2. The maximum atomic E-state index is 12.2. The van der Waals surface area contributed by atoms with Gasteiger partial charge in [0.1, 0.15) is 22.5 Å². The van der Waals surface area contributed by atoms with E-state index < -0.39 is 0 Å². The molecule has 0 saturated carbocycles. The zero-order valence-electron chi connectivity index (χ0n) is 15.8. The van der Waals surface area contributed by atoms with Crippen molar-refractivity contribution in [1.29, 1.82) is 0 Å². The van der Waals surface area contributed by atoms with Crippen molar-refractivity contribution in [2.45, 2.75) is 0 Å². The van der Waals surface area contributed by atoms with Crippen LogP contribution in [0.15, 0.2) is 60.7 Å². The molecule has 1 N–H and O–H groups in total. The lowest BCUT2D eigenvalue weighted by atomic mass is 10.3. The predicted molar refractivity (Wildman–Crippen MR) is 116 cm³/mol. The maximum absolute atomic E-state index is 12.2. The lowest BCUT2D eigenvalue weighted by Crippen LogP contribution is -2.20. The molecule has 3 aromatic carbocycles. The number of anilines is 1. The van der Waals surface area contributed by atoms with Gasteiger partial charge in [0.25, 0.3) is 5.91 Å². The average molecular weight is 443 g/mol. The highest BCUT2D eigenvalue weighted by molar-refractivity contribution is 6.32. The zero-order valence-corrected chi connectivity index (χ0v) is 17.3. The van der Waals surface area contributed by atoms with Gasteiger partial charge in [-0.1, -0.05) is 23.2 Å². The number of aromatic nitrogens is 3. The predicted octanol–water partition coefficient (Wildman–Crippen LogP) is 4.75. The molecule has 0 aliphatic heterocycles. The molecule has 0 fully saturated rings. The molecule has 1 heterocycles. The molecular weight excluding hydrogens is 427 g/mol. The Morgan fingerprint density at radius 1 is 1.00 bits per heavy atom. The number of fused-ring (bicyclic) bond motifs is 1. The fraction of sp³-hybridized carbons (Fsp3) is 0.0952. The quantitative estimate of drug-likeness (QED) is 0.465. The van der Waals surface area contributed by atoms with Crippen LogP contribution in [-0.4, -0.2) is 34.6 Å². The number of nitrogens with zero attached hydrogens (tertiary/aromatic N) is 3. The topological polar surface area (TPSA) is 78.3 Å². The van der Waals surface area contributed by atoms with Crippen LogP contribution >= 0.6 is 23.2 Å². The summed E-state index contributed by atoms with van der Waals surface area (Å²) >= 11 is 12.0. The second-order valence-electron chi connectivity index (χ2n) is 6.30. The summed E-state index contributed by atoms with van der Waals surface area (Å²) in [5.74, 6) is 0.840. The second kappa shape index (κ2) is 8.61. The fourth-order valence-corrected chi connectivity index (χ4v) is 3.14.